The van der Waals surface area contributed by atoms with Crippen LogP contribution in [0.5, 0.6) is 0 Å². The van der Waals surface area contributed by atoms with Gasteiger partial charge in [-0.1, -0.05) is 23.7 Å². The van der Waals surface area contributed by atoms with Crippen LogP contribution < -0.4 is 5.32 Å². The van der Waals surface area contributed by atoms with E-state index in [1.807, 2.05) is 31.2 Å². The van der Waals surface area contributed by atoms with Crippen molar-refractivity contribution in [2.45, 2.75) is 32.1 Å². The molecule has 1 aromatic carbocycles. The van der Waals surface area contributed by atoms with Gasteiger partial charge in [0.05, 0.1) is 11.0 Å². The maximum atomic E-state index is 11.6. The highest BCUT2D eigenvalue weighted by Crippen LogP contribution is 2.17. The van der Waals surface area contributed by atoms with Crippen LogP contribution in [0.4, 0.5) is 0 Å². The lowest BCUT2D eigenvalue weighted by atomic mass is 10.1. The van der Waals surface area contributed by atoms with Crippen LogP contribution in [-0.4, -0.2) is 26.0 Å². The molecule has 0 radical (unpaired) electrons. The Morgan fingerprint density at radius 2 is 1.94 bits per heavy atom. The van der Waals surface area contributed by atoms with Gasteiger partial charge in [0.25, 0.3) is 0 Å². The van der Waals surface area contributed by atoms with Gasteiger partial charge in [0.1, 0.15) is 0 Å². The van der Waals surface area contributed by atoms with Crippen molar-refractivity contribution < 1.29 is 8.42 Å². The number of sulfone groups is 1. The van der Waals surface area contributed by atoms with Gasteiger partial charge in [-0.15, -0.1) is 0 Å². The number of hydrogen-bond donors (Lipinski definition) is 1. The van der Waals surface area contributed by atoms with Gasteiger partial charge in [-0.2, -0.15) is 0 Å². The van der Waals surface area contributed by atoms with E-state index in [0.717, 1.165) is 5.56 Å². The molecular weight excluding hydrogens is 270 g/mol. The summed E-state index contributed by atoms with van der Waals surface area (Å²) in [6, 6.07) is 7.66. The zero-order valence-corrected chi connectivity index (χ0v) is 12.6. The highest BCUT2D eigenvalue weighted by molar-refractivity contribution is 7.92. The molecule has 0 heterocycles. The summed E-state index contributed by atoms with van der Waals surface area (Å²) in [5, 5.41) is 3.57. The van der Waals surface area contributed by atoms with E-state index in [4.69, 9.17) is 11.6 Å². The number of nitrogens with one attached hydrogen (secondary N) is 1. The van der Waals surface area contributed by atoms with Gasteiger partial charge in [-0.25, -0.2) is 8.42 Å². The Kier molecular flexibility index (Phi) is 5.63. The van der Waals surface area contributed by atoms with Crippen molar-refractivity contribution in [2.24, 2.45) is 0 Å². The average molecular weight is 290 g/mol. The molecule has 1 rings (SSSR count). The van der Waals surface area contributed by atoms with Gasteiger partial charge in [0.2, 0.25) is 0 Å². The minimum absolute atomic E-state index is 0.0889. The molecule has 18 heavy (non-hydrogen) atoms. The van der Waals surface area contributed by atoms with Crippen LogP contribution in [0.2, 0.25) is 5.02 Å². The molecule has 5 heteroatoms. The zero-order valence-electron chi connectivity index (χ0n) is 11.0. The van der Waals surface area contributed by atoms with E-state index < -0.39 is 9.84 Å². The van der Waals surface area contributed by atoms with Crippen LogP contribution in [0.3, 0.4) is 0 Å². The molecule has 1 N–H and O–H groups in total. The molecule has 0 amide bonds. The Hall–Kier alpha value is -0.580. The molecule has 0 aromatic heterocycles. The lowest BCUT2D eigenvalue weighted by molar-refractivity contribution is 0.566. The van der Waals surface area contributed by atoms with Crippen molar-refractivity contribution in [1.29, 1.82) is 0 Å². The maximum Gasteiger partial charge on any atom is 0.153 e. The van der Waals surface area contributed by atoms with Crippen molar-refractivity contribution in [2.75, 3.05) is 12.3 Å². The minimum Gasteiger partial charge on any atom is -0.309 e. The third-order valence-corrected chi connectivity index (χ3v) is 5.35. The summed E-state index contributed by atoms with van der Waals surface area (Å²) in [5.74, 6) is 0.162. The fraction of sp³-hybridized carbons (Fsp3) is 0.538. The summed E-state index contributed by atoms with van der Waals surface area (Å²) in [7, 11) is -2.97. The van der Waals surface area contributed by atoms with Crippen molar-refractivity contribution in [3.8, 4) is 0 Å². The zero-order chi connectivity index (χ0) is 13.8. The van der Waals surface area contributed by atoms with E-state index in [0.29, 0.717) is 11.6 Å². The number of rotatable bonds is 6. The fourth-order valence-corrected chi connectivity index (χ4v) is 2.62. The van der Waals surface area contributed by atoms with Crippen LogP contribution in [0.25, 0.3) is 0 Å². The predicted molar refractivity (Wildman–Crippen MR) is 76.8 cm³/mol. The SMILES string of the molecule is CC(C)S(=O)(=O)CCN[C@H](C)c1cccc(Cl)c1. The van der Waals surface area contributed by atoms with E-state index in [-0.39, 0.29) is 17.0 Å². The predicted octanol–water partition coefficient (Wildman–Crippen LogP) is 2.81. The lowest BCUT2D eigenvalue weighted by Gasteiger charge is -2.15. The molecular formula is C13H20ClNO2S. The van der Waals surface area contributed by atoms with Crippen molar-refractivity contribution in [1.82, 2.24) is 5.32 Å². The first-order valence-electron chi connectivity index (χ1n) is 6.03. The normalized spacial score (nSPS) is 13.8. The van der Waals surface area contributed by atoms with Crippen LogP contribution in [0, 0.1) is 0 Å². The molecule has 0 saturated heterocycles. The Morgan fingerprint density at radius 3 is 2.50 bits per heavy atom. The monoisotopic (exact) mass is 289 g/mol. The lowest BCUT2D eigenvalue weighted by Crippen LogP contribution is -2.29. The van der Waals surface area contributed by atoms with E-state index in [1.54, 1.807) is 13.8 Å². The van der Waals surface area contributed by atoms with E-state index in [1.165, 1.54) is 0 Å². The van der Waals surface area contributed by atoms with E-state index >= 15 is 0 Å². The summed E-state index contributed by atoms with van der Waals surface area (Å²) in [4.78, 5) is 0. The van der Waals surface area contributed by atoms with Crippen molar-refractivity contribution in [3.63, 3.8) is 0 Å². The standard InChI is InChI=1S/C13H20ClNO2S/c1-10(2)18(16,17)8-7-15-11(3)12-5-4-6-13(14)9-12/h4-6,9-11,15H,7-8H2,1-3H3/t11-/m1/s1. The summed E-state index contributed by atoms with van der Waals surface area (Å²) >= 11 is 5.91. The fourth-order valence-electron chi connectivity index (χ4n) is 1.55. The number of halogens is 1. The van der Waals surface area contributed by atoms with Gasteiger partial charge < -0.3 is 5.32 Å². The first kappa shape index (κ1) is 15.5. The van der Waals surface area contributed by atoms with Crippen molar-refractivity contribution >= 4 is 21.4 Å². The Balaban J connectivity index is 2.50. The Morgan fingerprint density at radius 1 is 1.28 bits per heavy atom. The Bertz CT molecular complexity index is 486. The second kappa shape index (κ2) is 6.55. The largest absolute Gasteiger partial charge is 0.309 e. The van der Waals surface area contributed by atoms with Crippen LogP contribution in [-0.2, 0) is 9.84 Å². The first-order chi connectivity index (χ1) is 8.33. The highest BCUT2D eigenvalue weighted by Gasteiger charge is 2.16. The third-order valence-electron chi connectivity index (χ3n) is 2.90. The molecule has 0 aliphatic carbocycles. The molecule has 3 nitrogen and oxygen atoms in total. The second-order valence-electron chi connectivity index (χ2n) is 4.65. The van der Waals surface area contributed by atoms with Gasteiger partial charge in [0.15, 0.2) is 9.84 Å². The van der Waals surface area contributed by atoms with Gasteiger partial charge in [0, 0.05) is 17.6 Å². The molecule has 1 aromatic rings. The number of hydrogen-bond acceptors (Lipinski definition) is 3. The molecule has 0 saturated carbocycles. The molecule has 0 fully saturated rings. The van der Waals surface area contributed by atoms with Crippen LogP contribution >= 0.6 is 11.6 Å². The first-order valence-corrected chi connectivity index (χ1v) is 8.12. The molecule has 102 valence electrons. The molecule has 0 bridgehead atoms. The summed E-state index contributed by atoms with van der Waals surface area (Å²) < 4.78 is 23.3. The van der Waals surface area contributed by atoms with Gasteiger partial charge in [-0.05, 0) is 38.5 Å². The highest BCUT2D eigenvalue weighted by atomic mass is 35.5. The summed E-state index contributed by atoms with van der Waals surface area (Å²) in [5.41, 5.74) is 1.06. The molecule has 0 spiro atoms. The minimum atomic E-state index is -2.97. The van der Waals surface area contributed by atoms with E-state index in [2.05, 4.69) is 5.32 Å². The second-order valence-corrected chi connectivity index (χ2v) is 7.76. The van der Waals surface area contributed by atoms with E-state index in [9.17, 15) is 8.42 Å². The quantitative estimate of drug-likeness (QED) is 0.876. The van der Waals surface area contributed by atoms with Crippen molar-refractivity contribution in [3.05, 3.63) is 34.9 Å². The maximum absolute atomic E-state index is 11.6. The molecule has 1 atom stereocenters. The van der Waals surface area contributed by atoms with Crippen LogP contribution in [0.15, 0.2) is 24.3 Å². The number of benzene rings is 1. The Labute approximate surface area is 114 Å². The summed E-state index contributed by atoms with van der Waals surface area (Å²) in [6.45, 7) is 5.85. The van der Waals surface area contributed by atoms with Gasteiger partial charge in [-0.3, -0.25) is 0 Å². The smallest absolute Gasteiger partial charge is 0.153 e. The molecule has 0 aliphatic heterocycles. The average Bonchev–Trinajstić information content (AvgIpc) is 2.28. The molecule has 0 unspecified atom stereocenters. The van der Waals surface area contributed by atoms with Crippen LogP contribution in [0.1, 0.15) is 32.4 Å². The van der Waals surface area contributed by atoms with Gasteiger partial charge >= 0.3 is 0 Å². The molecule has 0 aliphatic rings. The summed E-state index contributed by atoms with van der Waals surface area (Å²) in [6.07, 6.45) is 0. The third kappa shape index (κ3) is 4.59. The topological polar surface area (TPSA) is 46.2 Å².